The monoisotopic (exact) mass is 378 g/mol. The van der Waals surface area contributed by atoms with E-state index in [-0.39, 0.29) is 0 Å². The Morgan fingerprint density at radius 2 is 2.42 bits per heavy atom. The van der Waals surface area contributed by atoms with Crippen molar-refractivity contribution in [1.82, 2.24) is 10.3 Å². The first kappa shape index (κ1) is 20.8. The lowest BCUT2D eigenvalue weighted by Crippen LogP contribution is -2.32. The third kappa shape index (κ3) is 6.35. The number of aliphatic imine (C=N–C) groups is 1. The van der Waals surface area contributed by atoms with Gasteiger partial charge in [-0.05, 0) is 31.6 Å². The molecule has 0 saturated carbocycles. The summed E-state index contributed by atoms with van der Waals surface area (Å²) >= 11 is 1.54. The third-order valence-electron chi connectivity index (χ3n) is 4.37. The van der Waals surface area contributed by atoms with E-state index in [4.69, 9.17) is 9.47 Å². The van der Waals surface area contributed by atoms with Crippen LogP contribution >= 0.6 is 11.3 Å². The van der Waals surface area contributed by atoms with Crippen LogP contribution in [0.4, 0.5) is 0 Å². The summed E-state index contributed by atoms with van der Waals surface area (Å²) in [6, 6.07) is 2.38. The molecule has 0 radical (unpaired) electrons. The standard InChI is InChI=1S/C19H30N4O2S/c1-14(2)17-13-26-19(23-17)16(12-20)18(21-8-5-10-24-3)22-9-7-15-6-4-11-25-15/h13-16H,4-11H2,1-3H3,(H,21,22)/t15-,16-/m0/s1. The highest BCUT2D eigenvalue weighted by molar-refractivity contribution is 7.10. The summed E-state index contributed by atoms with van der Waals surface area (Å²) in [5.74, 6) is 0.625. The van der Waals surface area contributed by atoms with Gasteiger partial charge in [-0.2, -0.15) is 5.26 Å². The summed E-state index contributed by atoms with van der Waals surface area (Å²) in [5.41, 5.74) is 1.03. The molecular weight excluding hydrogens is 348 g/mol. The zero-order valence-electron chi connectivity index (χ0n) is 16.0. The fourth-order valence-electron chi connectivity index (χ4n) is 2.82. The van der Waals surface area contributed by atoms with Crippen LogP contribution in [-0.4, -0.2) is 50.3 Å². The van der Waals surface area contributed by atoms with Gasteiger partial charge >= 0.3 is 0 Å². The first-order valence-corrected chi connectivity index (χ1v) is 10.3. The number of hydrogen-bond donors (Lipinski definition) is 1. The summed E-state index contributed by atoms with van der Waals surface area (Å²) in [6.45, 7) is 7.14. The smallest absolute Gasteiger partial charge is 0.155 e. The van der Waals surface area contributed by atoms with Gasteiger partial charge in [0, 0.05) is 38.8 Å². The summed E-state index contributed by atoms with van der Waals surface area (Å²) in [4.78, 5) is 9.31. The van der Waals surface area contributed by atoms with Crippen molar-refractivity contribution in [2.75, 3.05) is 33.4 Å². The molecule has 1 aromatic heterocycles. The van der Waals surface area contributed by atoms with E-state index in [1.54, 1.807) is 7.11 Å². The Hall–Kier alpha value is -1.49. The Morgan fingerprint density at radius 3 is 3.04 bits per heavy atom. The maximum atomic E-state index is 9.76. The van der Waals surface area contributed by atoms with Gasteiger partial charge in [-0.1, -0.05) is 13.8 Å². The predicted molar refractivity (Wildman–Crippen MR) is 105 cm³/mol. The molecule has 26 heavy (non-hydrogen) atoms. The highest BCUT2D eigenvalue weighted by atomic mass is 32.1. The lowest BCUT2D eigenvalue weighted by molar-refractivity contribution is 0.105. The number of nitriles is 1. The Labute approximate surface area is 160 Å². The third-order valence-corrected chi connectivity index (χ3v) is 5.29. The molecule has 0 aliphatic carbocycles. The molecule has 2 rings (SSSR count). The molecular formula is C19H30N4O2S. The minimum absolute atomic E-state index is 0.324. The Balaban J connectivity index is 2.04. The molecule has 0 aromatic carbocycles. The van der Waals surface area contributed by atoms with Gasteiger partial charge in [0.15, 0.2) is 5.92 Å². The van der Waals surface area contributed by atoms with E-state index in [0.717, 1.165) is 49.5 Å². The topological polar surface area (TPSA) is 79.5 Å². The Morgan fingerprint density at radius 1 is 1.58 bits per heavy atom. The normalized spacial score (nSPS) is 18.9. The summed E-state index contributed by atoms with van der Waals surface area (Å²) in [6.07, 6.45) is 4.35. The van der Waals surface area contributed by atoms with E-state index in [0.29, 0.717) is 31.0 Å². The molecule has 1 aliphatic rings. The molecule has 1 saturated heterocycles. The number of nitrogens with zero attached hydrogens (tertiary/aromatic N) is 3. The van der Waals surface area contributed by atoms with Gasteiger partial charge in [-0.3, -0.25) is 4.99 Å². The molecule has 144 valence electrons. The quantitative estimate of drug-likeness (QED) is 0.383. The van der Waals surface area contributed by atoms with Gasteiger partial charge in [0.2, 0.25) is 0 Å². The number of thiazole rings is 1. The average molecular weight is 379 g/mol. The van der Waals surface area contributed by atoms with Crippen LogP contribution in [0.5, 0.6) is 0 Å². The van der Waals surface area contributed by atoms with E-state index in [9.17, 15) is 5.26 Å². The van der Waals surface area contributed by atoms with Crippen molar-refractivity contribution >= 4 is 17.2 Å². The molecule has 1 aliphatic heterocycles. The first-order valence-electron chi connectivity index (χ1n) is 9.39. The number of ether oxygens (including phenoxy) is 2. The number of hydrogen-bond acceptors (Lipinski definition) is 6. The second kappa shape index (κ2) is 11.3. The Kier molecular flexibility index (Phi) is 9.02. The van der Waals surface area contributed by atoms with E-state index in [1.165, 1.54) is 11.3 Å². The van der Waals surface area contributed by atoms with Crippen molar-refractivity contribution in [3.63, 3.8) is 0 Å². The van der Waals surface area contributed by atoms with Crippen LogP contribution in [0.3, 0.4) is 0 Å². The van der Waals surface area contributed by atoms with E-state index in [1.807, 2.05) is 5.38 Å². The van der Waals surface area contributed by atoms with Crippen molar-refractivity contribution in [3.8, 4) is 6.07 Å². The molecule has 0 unspecified atom stereocenters. The highest BCUT2D eigenvalue weighted by Crippen LogP contribution is 2.25. The lowest BCUT2D eigenvalue weighted by atomic mass is 10.1. The van der Waals surface area contributed by atoms with Crippen LogP contribution < -0.4 is 5.32 Å². The largest absolute Gasteiger partial charge is 0.385 e. The Bertz CT molecular complexity index is 603. The molecule has 1 fully saturated rings. The molecule has 0 amide bonds. The van der Waals surface area contributed by atoms with Crippen LogP contribution in [0, 0.1) is 11.3 Å². The van der Waals surface area contributed by atoms with Crippen molar-refractivity contribution in [2.45, 2.75) is 57.5 Å². The van der Waals surface area contributed by atoms with Crippen LogP contribution in [0.15, 0.2) is 10.4 Å². The molecule has 7 heteroatoms. The number of aromatic nitrogens is 1. The predicted octanol–water partition coefficient (Wildman–Crippen LogP) is 3.47. The van der Waals surface area contributed by atoms with Gasteiger partial charge in [0.05, 0.1) is 17.9 Å². The van der Waals surface area contributed by atoms with Gasteiger partial charge in [0.1, 0.15) is 10.8 Å². The SMILES string of the molecule is COCCCN=C(NCC[C@@H]1CCCO1)[C@H](C#N)c1nc(C(C)C)cs1. The number of methoxy groups -OCH3 is 1. The summed E-state index contributed by atoms with van der Waals surface area (Å²) < 4.78 is 10.8. The maximum absolute atomic E-state index is 9.76. The molecule has 0 bridgehead atoms. The van der Waals surface area contributed by atoms with Gasteiger partial charge in [-0.25, -0.2) is 4.98 Å². The van der Waals surface area contributed by atoms with Gasteiger partial charge in [0.25, 0.3) is 0 Å². The van der Waals surface area contributed by atoms with Crippen LogP contribution in [0.1, 0.15) is 62.1 Å². The van der Waals surface area contributed by atoms with E-state index in [2.05, 4.69) is 35.2 Å². The van der Waals surface area contributed by atoms with E-state index < -0.39 is 5.92 Å². The van der Waals surface area contributed by atoms with Gasteiger partial charge < -0.3 is 14.8 Å². The number of amidine groups is 1. The zero-order valence-corrected chi connectivity index (χ0v) is 16.8. The molecule has 2 heterocycles. The van der Waals surface area contributed by atoms with Crippen molar-refractivity contribution < 1.29 is 9.47 Å². The average Bonchev–Trinajstić information content (AvgIpc) is 3.31. The first-order chi connectivity index (χ1) is 12.7. The summed E-state index contributed by atoms with van der Waals surface area (Å²) in [7, 11) is 1.69. The minimum Gasteiger partial charge on any atom is -0.385 e. The van der Waals surface area contributed by atoms with Crippen molar-refractivity contribution in [1.29, 1.82) is 5.26 Å². The second-order valence-corrected chi connectivity index (χ2v) is 7.68. The fraction of sp³-hybridized carbons (Fsp3) is 0.737. The number of rotatable bonds is 10. The molecule has 2 atom stereocenters. The molecule has 0 spiro atoms. The van der Waals surface area contributed by atoms with Crippen LogP contribution in [-0.2, 0) is 9.47 Å². The van der Waals surface area contributed by atoms with Crippen LogP contribution in [0.2, 0.25) is 0 Å². The highest BCUT2D eigenvalue weighted by Gasteiger charge is 2.23. The molecule has 1 aromatic rings. The molecule has 6 nitrogen and oxygen atoms in total. The maximum Gasteiger partial charge on any atom is 0.155 e. The fourth-order valence-corrected chi connectivity index (χ4v) is 3.85. The van der Waals surface area contributed by atoms with Crippen molar-refractivity contribution in [2.24, 2.45) is 4.99 Å². The second-order valence-electron chi connectivity index (χ2n) is 6.79. The van der Waals surface area contributed by atoms with Gasteiger partial charge in [-0.15, -0.1) is 11.3 Å². The van der Waals surface area contributed by atoms with E-state index >= 15 is 0 Å². The number of nitrogens with one attached hydrogen (secondary N) is 1. The summed E-state index contributed by atoms with van der Waals surface area (Å²) in [5, 5.41) is 16.0. The minimum atomic E-state index is -0.445. The zero-order chi connectivity index (χ0) is 18.8. The van der Waals surface area contributed by atoms with Crippen LogP contribution in [0.25, 0.3) is 0 Å². The van der Waals surface area contributed by atoms with Crippen molar-refractivity contribution in [3.05, 3.63) is 16.1 Å². The molecule has 1 N–H and O–H groups in total. The lowest BCUT2D eigenvalue weighted by Gasteiger charge is -2.15.